The Balaban J connectivity index is 3.44. The van der Waals surface area contributed by atoms with Crippen LogP contribution in [0.25, 0.3) is 0 Å². The maximum atomic E-state index is 12.5. The molecular weight excluding hydrogens is 272 g/mol. The highest BCUT2D eigenvalue weighted by Gasteiger charge is 2.40. The predicted molar refractivity (Wildman–Crippen MR) is 45.3 cm³/mol. The summed E-state index contributed by atoms with van der Waals surface area (Å²) in [4.78, 5) is 12.3. The highest BCUT2D eigenvalue weighted by Crippen LogP contribution is 2.40. The first kappa shape index (κ1) is 14.2. The van der Waals surface area contributed by atoms with Crippen molar-refractivity contribution in [3.63, 3.8) is 0 Å². The maximum Gasteiger partial charge on any atom is 0.574 e. The molecule has 0 spiro atoms. The van der Waals surface area contributed by atoms with Crippen molar-refractivity contribution >= 4 is 0 Å². The molecule has 1 aromatic rings. The molecule has 0 amide bonds. The first-order valence-corrected chi connectivity index (χ1v) is 4.19. The number of aromatic amines is 1. The van der Waals surface area contributed by atoms with Crippen LogP contribution in [0, 0.1) is 0 Å². The van der Waals surface area contributed by atoms with Gasteiger partial charge in [0, 0.05) is 6.07 Å². The molecule has 0 bridgehead atoms. The summed E-state index contributed by atoms with van der Waals surface area (Å²) in [6.07, 6.45) is -10.3. The third kappa shape index (κ3) is 3.31. The third-order valence-electron chi connectivity index (χ3n) is 1.69. The first-order valence-electron chi connectivity index (χ1n) is 4.19. The molecule has 0 fully saturated rings. The number of ether oxygens (including phenoxy) is 2. The molecule has 0 aromatic carbocycles. The minimum Gasteiger partial charge on any atom is -0.491 e. The topological polar surface area (TPSA) is 51.3 Å². The number of pyridine rings is 1. The van der Waals surface area contributed by atoms with Crippen molar-refractivity contribution in [2.75, 3.05) is 7.11 Å². The van der Waals surface area contributed by atoms with E-state index in [1.807, 2.05) is 0 Å². The molecule has 0 aliphatic heterocycles. The number of hydrogen-bond acceptors (Lipinski definition) is 3. The van der Waals surface area contributed by atoms with Crippen molar-refractivity contribution in [2.24, 2.45) is 0 Å². The van der Waals surface area contributed by atoms with E-state index in [0.717, 1.165) is 0 Å². The zero-order chi connectivity index (χ0) is 14.1. The Morgan fingerprint density at radius 1 is 1.17 bits per heavy atom. The Labute approximate surface area is 95.1 Å². The molecule has 0 aliphatic rings. The molecule has 0 unspecified atom stereocenters. The lowest BCUT2D eigenvalue weighted by Crippen LogP contribution is -2.23. The van der Waals surface area contributed by atoms with Gasteiger partial charge in [0.1, 0.15) is 5.56 Å². The lowest BCUT2D eigenvalue weighted by Gasteiger charge is -2.16. The molecule has 0 atom stereocenters. The minimum absolute atomic E-state index is 0.0715. The average Bonchev–Trinajstić information content (AvgIpc) is 2.12. The van der Waals surface area contributed by atoms with Crippen LogP contribution < -0.4 is 15.0 Å². The van der Waals surface area contributed by atoms with E-state index in [0.29, 0.717) is 7.11 Å². The van der Waals surface area contributed by atoms with Crippen molar-refractivity contribution in [3.05, 3.63) is 22.0 Å². The van der Waals surface area contributed by atoms with E-state index in [-0.39, 0.29) is 6.07 Å². The number of methoxy groups -OCH3 is 1. The van der Waals surface area contributed by atoms with E-state index in [1.165, 1.54) is 4.98 Å². The molecule has 1 aromatic heterocycles. The summed E-state index contributed by atoms with van der Waals surface area (Å²) >= 11 is 0. The minimum atomic E-state index is -5.26. The number of aromatic nitrogens is 1. The average molecular weight is 277 g/mol. The summed E-state index contributed by atoms with van der Waals surface area (Å²) in [5, 5.41) is 0. The summed E-state index contributed by atoms with van der Waals surface area (Å²) in [5.41, 5.74) is -3.06. The molecule has 0 saturated heterocycles. The van der Waals surface area contributed by atoms with Crippen molar-refractivity contribution in [1.82, 2.24) is 4.98 Å². The predicted octanol–water partition coefficient (Wildman–Crippen LogP) is 2.30. The van der Waals surface area contributed by atoms with Gasteiger partial charge in [-0.2, -0.15) is 13.2 Å². The van der Waals surface area contributed by atoms with Gasteiger partial charge >= 0.3 is 12.5 Å². The van der Waals surface area contributed by atoms with Crippen LogP contribution in [0.1, 0.15) is 5.56 Å². The summed E-state index contributed by atoms with van der Waals surface area (Å²) in [5.74, 6) is -2.70. The number of rotatable bonds is 2. The second kappa shape index (κ2) is 4.42. The molecule has 0 saturated carbocycles. The lowest BCUT2D eigenvalue weighted by atomic mass is 10.2. The molecule has 10 heteroatoms. The van der Waals surface area contributed by atoms with Crippen LogP contribution in [-0.4, -0.2) is 18.5 Å². The largest absolute Gasteiger partial charge is 0.574 e. The highest BCUT2D eigenvalue weighted by atomic mass is 19.4. The van der Waals surface area contributed by atoms with Crippen molar-refractivity contribution in [3.8, 4) is 11.6 Å². The Hall–Kier alpha value is -1.87. The van der Waals surface area contributed by atoms with E-state index in [1.54, 1.807) is 0 Å². The summed E-state index contributed by atoms with van der Waals surface area (Å²) in [6.45, 7) is 0. The van der Waals surface area contributed by atoms with E-state index in [9.17, 15) is 31.1 Å². The van der Waals surface area contributed by atoms with Gasteiger partial charge in [0.25, 0.3) is 5.56 Å². The van der Waals surface area contributed by atoms with E-state index in [2.05, 4.69) is 9.47 Å². The number of halogens is 6. The standard InChI is InChI=1S/C8H5F6NO3/c1-17-5-3(7(9,10)11)2-4(16)15-6(5)18-8(12,13)14/h2H,1H3,(H,15,16). The van der Waals surface area contributed by atoms with Crippen molar-refractivity contribution in [2.45, 2.75) is 12.5 Å². The van der Waals surface area contributed by atoms with Crippen LogP contribution in [-0.2, 0) is 6.18 Å². The first-order chi connectivity index (χ1) is 8.04. The quantitative estimate of drug-likeness (QED) is 0.844. The lowest BCUT2D eigenvalue weighted by molar-refractivity contribution is -0.276. The van der Waals surface area contributed by atoms with Gasteiger partial charge in [0.2, 0.25) is 5.88 Å². The van der Waals surface area contributed by atoms with Crippen molar-refractivity contribution in [1.29, 1.82) is 0 Å². The van der Waals surface area contributed by atoms with Crippen molar-refractivity contribution < 1.29 is 35.8 Å². The molecular formula is C8H5F6NO3. The van der Waals surface area contributed by atoms with Gasteiger partial charge in [-0.1, -0.05) is 0 Å². The fourth-order valence-corrected chi connectivity index (χ4v) is 1.12. The van der Waals surface area contributed by atoms with Gasteiger partial charge in [-0.15, -0.1) is 13.2 Å². The normalized spacial score (nSPS) is 12.4. The second-order valence-electron chi connectivity index (χ2n) is 2.96. The molecule has 1 N–H and O–H groups in total. The van der Waals surface area contributed by atoms with E-state index < -0.39 is 35.3 Å². The van der Waals surface area contributed by atoms with Crippen LogP contribution in [0.15, 0.2) is 10.9 Å². The number of nitrogens with one attached hydrogen (secondary N) is 1. The van der Waals surface area contributed by atoms with Gasteiger partial charge in [-0.25, -0.2) is 0 Å². The second-order valence-corrected chi connectivity index (χ2v) is 2.96. The Morgan fingerprint density at radius 3 is 2.11 bits per heavy atom. The fourth-order valence-electron chi connectivity index (χ4n) is 1.12. The maximum absolute atomic E-state index is 12.5. The molecule has 0 radical (unpaired) electrons. The zero-order valence-electron chi connectivity index (χ0n) is 8.57. The smallest absolute Gasteiger partial charge is 0.491 e. The molecule has 102 valence electrons. The fraction of sp³-hybridized carbons (Fsp3) is 0.375. The van der Waals surface area contributed by atoms with Gasteiger partial charge < -0.3 is 9.47 Å². The van der Waals surface area contributed by atoms with Gasteiger partial charge in [0.05, 0.1) is 7.11 Å². The molecule has 1 rings (SSSR count). The van der Waals surface area contributed by atoms with Gasteiger partial charge in [-0.05, 0) is 0 Å². The van der Waals surface area contributed by atoms with E-state index >= 15 is 0 Å². The Bertz CT molecular complexity index is 489. The van der Waals surface area contributed by atoms with Crippen LogP contribution in [0.5, 0.6) is 11.6 Å². The van der Waals surface area contributed by atoms with Gasteiger partial charge in [0.15, 0.2) is 5.75 Å². The summed E-state index contributed by atoms with van der Waals surface area (Å²) in [6, 6.07) is 0.0715. The zero-order valence-corrected chi connectivity index (χ0v) is 8.57. The highest BCUT2D eigenvalue weighted by molar-refractivity contribution is 5.43. The van der Waals surface area contributed by atoms with Crippen LogP contribution in [0.2, 0.25) is 0 Å². The molecule has 18 heavy (non-hydrogen) atoms. The summed E-state index contributed by atoms with van der Waals surface area (Å²) in [7, 11) is 0.714. The SMILES string of the molecule is COc1c(C(F)(F)F)cc(=O)[nH]c1OC(F)(F)F. The van der Waals surface area contributed by atoms with E-state index in [4.69, 9.17) is 0 Å². The Kier molecular flexibility index (Phi) is 3.49. The number of H-pyrrole nitrogens is 1. The molecule has 1 heterocycles. The summed E-state index contributed by atoms with van der Waals surface area (Å²) < 4.78 is 80.6. The Morgan fingerprint density at radius 2 is 1.72 bits per heavy atom. The monoisotopic (exact) mass is 277 g/mol. The number of alkyl halides is 6. The van der Waals surface area contributed by atoms with Crippen LogP contribution >= 0.6 is 0 Å². The molecule has 0 aliphatic carbocycles. The molecule has 4 nitrogen and oxygen atoms in total. The van der Waals surface area contributed by atoms with Crippen LogP contribution in [0.3, 0.4) is 0 Å². The third-order valence-corrected chi connectivity index (χ3v) is 1.69. The van der Waals surface area contributed by atoms with Crippen LogP contribution in [0.4, 0.5) is 26.3 Å². The number of hydrogen-bond donors (Lipinski definition) is 1. The van der Waals surface area contributed by atoms with Gasteiger partial charge in [-0.3, -0.25) is 9.78 Å².